The van der Waals surface area contributed by atoms with Crippen LogP contribution in [0.15, 0.2) is 28.6 Å². The average Bonchev–Trinajstić information content (AvgIpc) is 3.14. The lowest BCUT2D eigenvalue weighted by atomic mass is 10.2. The van der Waals surface area contributed by atoms with Gasteiger partial charge in [0.2, 0.25) is 5.91 Å². The van der Waals surface area contributed by atoms with Crippen LogP contribution in [0.2, 0.25) is 0 Å². The first-order chi connectivity index (χ1) is 10.6. The summed E-state index contributed by atoms with van der Waals surface area (Å²) < 4.78 is 14.8. The lowest BCUT2D eigenvalue weighted by Gasteiger charge is -2.24. The Morgan fingerprint density at radius 2 is 2.27 bits per heavy atom. The summed E-state index contributed by atoms with van der Waals surface area (Å²) in [6.45, 7) is 2.53. The summed E-state index contributed by atoms with van der Waals surface area (Å²) >= 11 is 4.47. The minimum Gasteiger partial charge on any atom is -0.325 e. The van der Waals surface area contributed by atoms with Crippen LogP contribution in [0.3, 0.4) is 0 Å². The zero-order chi connectivity index (χ0) is 15.5. The van der Waals surface area contributed by atoms with Crippen molar-refractivity contribution >= 4 is 40.8 Å². The molecule has 0 N–H and O–H groups in total. The molecule has 116 valence electrons. The van der Waals surface area contributed by atoms with Gasteiger partial charge < -0.3 is 4.90 Å². The summed E-state index contributed by atoms with van der Waals surface area (Å²) in [4.78, 5) is 14.2. The SMILES string of the molecule is Cc1nnc(SCC(=O)N2CCS[C@H]2c2ccccc2F)s1. The molecule has 0 saturated carbocycles. The molecule has 1 aliphatic rings. The van der Waals surface area contributed by atoms with Gasteiger partial charge in [-0.25, -0.2) is 4.39 Å². The van der Waals surface area contributed by atoms with E-state index >= 15 is 0 Å². The van der Waals surface area contributed by atoms with E-state index in [1.165, 1.54) is 29.2 Å². The number of aryl methyl sites for hydroxylation is 1. The van der Waals surface area contributed by atoms with E-state index in [0.717, 1.165) is 15.1 Å². The molecule has 8 heteroatoms. The fourth-order valence-corrected chi connectivity index (χ4v) is 5.20. The number of carbonyl (C=O) groups is 1. The van der Waals surface area contributed by atoms with Crippen molar-refractivity contribution in [1.29, 1.82) is 0 Å². The zero-order valence-corrected chi connectivity index (χ0v) is 14.3. The Kier molecular flexibility index (Phi) is 5.00. The van der Waals surface area contributed by atoms with E-state index in [1.807, 2.05) is 6.92 Å². The van der Waals surface area contributed by atoms with Gasteiger partial charge in [0.05, 0.1) is 5.75 Å². The normalized spacial score (nSPS) is 17.9. The molecule has 1 aromatic carbocycles. The second-order valence-electron chi connectivity index (χ2n) is 4.71. The monoisotopic (exact) mass is 355 g/mol. The molecule has 1 aromatic heterocycles. The Hall–Kier alpha value is -1.12. The highest BCUT2D eigenvalue weighted by Gasteiger charge is 2.32. The van der Waals surface area contributed by atoms with Crippen LogP contribution in [0, 0.1) is 12.7 Å². The number of thioether (sulfide) groups is 2. The van der Waals surface area contributed by atoms with Gasteiger partial charge in [-0.1, -0.05) is 41.3 Å². The summed E-state index contributed by atoms with van der Waals surface area (Å²) in [5.41, 5.74) is 0.579. The number of amides is 1. The Bertz CT molecular complexity index is 679. The van der Waals surface area contributed by atoms with Crippen LogP contribution in [-0.4, -0.2) is 39.1 Å². The minimum atomic E-state index is -0.257. The van der Waals surface area contributed by atoms with Crippen molar-refractivity contribution < 1.29 is 9.18 Å². The molecule has 0 bridgehead atoms. The summed E-state index contributed by atoms with van der Waals surface area (Å²) in [5.74, 6) is 0.885. The van der Waals surface area contributed by atoms with E-state index in [-0.39, 0.29) is 17.1 Å². The Morgan fingerprint density at radius 1 is 1.45 bits per heavy atom. The van der Waals surface area contributed by atoms with Crippen molar-refractivity contribution in [3.8, 4) is 0 Å². The van der Waals surface area contributed by atoms with Crippen LogP contribution in [0.4, 0.5) is 4.39 Å². The number of carbonyl (C=O) groups excluding carboxylic acids is 1. The van der Waals surface area contributed by atoms with Crippen molar-refractivity contribution in [2.75, 3.05) is 18.1 Å². The third kappa shape index (κ3) is 3.44. The summed E-state index contributed by atoms with van der Waals surface area (Å²) in [7, 11) is 0. The van der Waals surface area contributed by atoms with E-state index in [9.17, 15) is 9.18 Å². The highest BCUT2D eigenvalue weighted by Crippen LogP contribution is 2.39. The molecule has 1 amide bonds. The molecule has 1 fully saturated rings. The van der Waals surface area contributed by atoms with Gasteiger partial charge in [0, 0.05) is 17.9 Å². The van der Waals surface area contributed by atoms with Gasteiger partial charge in [0.25, 0.3) is 0 Å². The predicted molar refractivity (Wildman–Crippen MR) is 88.7 cm³/mol. The number of hydrogen-bond acceptors (Lipinski definition) is 6. The second-order valence-corrected chi connectivity index (χ2v) is 8.30. The van der Waals surface area contributed by atoms with Crippen molar-refractivity contribution in [1.82, 2.24) is 15.1 Å². The first-order valence-corrected chi connectivity index (χ1v) is 9.58. The number of aromatic nitrogens is 2. The van der Waals surface area contributed by atoms with Gasteiger partial charge >= 0.3 is 0 Å². The standard InChI is InChI=1S/C14H14FN3OS3/c1-9-16-17-14(22-9)21-8-12(19)18-6-7-20-13(18)10-4-2-3-5-11(10)15/h2-5,13H,6-8H2,1H3/t13-/m0/s1. The average molecular weight is 355 g/mol. The number of halogens is 1. The van der Waals surface area contributed by atoms with Crippen LogP contribution in [-0.2, 0) is 4.79 Å². The van der Waals surface area contributed by atoms with Crippen LogP contribution in [0.1, 0.15) is 15.9 Å². The second kappa shape index (κ2) is 6.97. The molecule has 2 aromatic rings. The smallest absolute Gasteiger partial charge is 0.234 e. The van der Waals surface area contributed by atoms with E-state index < -0.39 is 0 Å². The largest absolute Gasteiger partial charge is 0.325 e. The van der Waals surface area contributed by atoms with Crippen molar-refractivity contribution in [2.24, 2.45) is 0 Å². The van der Waals surface area contributed by atoms with Crippen molar-refractivity contribution in [2.45, 2.75) is 16.6 Å². The maximum atomic E-state index is 14.0. The number of hydrogen-bond donors (Lipinski definition) is 0. The fourth-order valence-electron chi connectivity index (χ4n) is 2.20. The van der Waals surface area contributed by atoms with Gasteiger partial charge in [-0.15, -0.1) is 22.0 Å². The molecule has 0 aliphatic carbocycles. The van der Waals surface area contributed by atoms with Gasteiger partial charge in [-0.05, 0) is 13.0 Å². The number of benzene rings is 1. The van der Waals surface area contributed by atoms with E-state index in [4.69, 9.17) is 0 Å². The lowest BCUT2D eigenvalue weighted by Crippen LogP contribution is -2.32. The maximum Gasteiger partial charge on any atom is 0.234 e. The molecular weight excluding hydrogens is 341 g/mol. The molecule has 1 atom stereocenters. The molecular formula is C14H14FN3OS3. The predicted octanol–water partition coefficient (Wildman–Crippen LogP) is 3.35. The van der Waals surface area contributed by atoms with Crippen LogP contribution in [0.5, 0.6) is 0 Å². The zero-order valence-electron chi connectivity index (χ0n) is 11.9. The Balaban J connectivity index is 1.67. The summed E-state index contributed by atoms with van der Waals surface area (Å²) in [6, 6.07) is 6.66. The summed E-state index contributed by atoms with van der Waals surface area (Å²) in [5, 5.41) is 8.59. The molecule has 0 unspecified atom stereocenters. The Morgan fingerprint density at radius 3 is 3.00 bits per heavy atom. The first kappa shape index (κ1) is 15.8. The van der Waals surface area contributed by atoms with Gasteiger partial charge in [0.15, 0.2) is 4.34 Å². The van der Waals surface area contributed by atoms with E-state index in [1.54, 1.807) is 34.9 Å². The molecule has 2 heterocycles. The molecule has 22 heavy (non-hydrogen) atoms. The topological polar surface area (TPSA) is 46.1 Å². The highest BCUT2D eigenvalue weighted by molar-refractivity contribution is 8.01. The van der Waals surface area contributed by atoms with Gasteiger partial charge in [0.1, 0.15) is 16.2 Å². The van der Waals surface area contributed by atoms with Crippen molar-refractivity contribution in [3.63, 3.8) is 0 Å². The van der Waals surface area contributed by atoms with E-state index in [0.29, 0.717) is 17.9 Å². The van der Waals surface area contributed by atoms with Crippen LogP contribution >= 0.6 is 34.9 Å². The number of rotatable bonds is 4. The molecule has 1 saturated heterocycles. The highest BCUT2D eigenvalue weighted by atomic mass is 32.2. The van der Waals surface area contributed by atoms with Gasteiger partial charge in [-0.2, -0.15) is 0 Å². The lowest BCUT2D eigenvalue weighted by molar-refractivity contribution is -0.128. The third-order valence-corrected chi connectivity index (χ3v) is 6.41. The van der Waals surface area contributed by atoms with Gasteiger partial charge in [-0.3, -0.25) is 4.79 Å². The molecule has 3 rings (SSSR count). The molecule has 0 spiro atoms. The molecule has 1 aliphatic heterocycles. The third-order valence-electron chi connectivity index (χ3n) is 3.21. The minimum absolute atomic E-state index is 0.0103. The number of nitrogens with zero attached hydrogens (tertiary/aromatic N) is 3. The van der Waals surface area contributed by atoms with E-state index in [2.05, 4.69) is 10.2 Å². The van der Waals surface area contributed by atoms with Crippen molar-refractivity contribution in [3.05, 3.63) is 40.7 Å². The fraction of sp³-hybridized carbons (Fsp3) is 0.357. The maximum absolute atomic E-state index is 14.0. The van der Waals surface area contributed by atoms with Crippen LogP contribution in [0.25, 0.3) is 0 Å². The quantitative estimate of drug-likeness (QED) is 0.787. The molecule has 4 nitrogen and oxygen atoms in total. The van der Waals surface area contributed by atoms with Crippen LogP contribution < -0.4 is 0 Å². The first-order valence-electron chi connectivity index (χ1n) is 6.73. The summed E-state index contributed by atoms with van der Waals surface area (Å²) in [6.07, 6.45) is 0. The molecule has 0 radical (unpaired) electrons. The Labute approximate surface area is 140 Å².